The van der Waals surface area contributed by atoms with E-state index in [9.17, 15) is 5.26 Å². The van der Waals surface area contributed by atoms with Gasteiger partial charge in [-0.2, -0.15) is 5.26 Å². The fourth-order valence-corrected chi connectivity index (χ4v) is 3.85. The quantitative estimate of drug-likeness (QED) is 0.763. The summed E-state index contributed by atoms with van der Waals surface area (Å²) in [5.41, 5.74) is 3.39. The van der Waals surface area contributed by atoms with Crippen LogP contribution in [0.25, 0.3) is 11.5 Å². The van der Waals surface area contributed by atoms with Crippen LogP contribution in [0.3, 0.4) is 0 Å². The number of rotatable bonds is 2. The number of aromatic nitrogens is 3. The Kier molecular flexibility index (Phi) is 4.63. The summed E-state index contributed by atoms with van der Waals surface area (Å²) in [5.74, 6) is 1.25. The average molecular weight is 361 g/mol. The summed E-state index contributed by atoms with van der Waals surface area (Å²) in [7, 11) is 0. The van der Waals surface area contributed by atoms with Gasteiger partial charge in [0.1, 0.15) is 17.3 Å². The van der Waals surface area contributed by atoms with Gasteiger partial charge in [-0.3, -0.25) is 0 Å². The molecule has 4 rings (SSSR count). The molecule has 4 heterocycles. The first-order chi connectivity index (χ1) is 13.1. The van der Waals surface area contributed by atoms with Crippen molar-refractivity contribution >= 4 is 5.82 Å². The zero-order valence-electron chi connectivity index (χ0n) is 15.8. The number of ether oxygens (including phenoxy) is 1. The largest absolute Gasteiger partial charge is 0.370 e. The topological polar surface area (TPSA) is 74.9 Å². The summed E-state index contributed by atoms with van der Waals surface area (Å²) in [6, 6.07) is 8.01. The van der Waals surface area contributed by atoms with Crippen molar-refractivity contribution in [2.24, 2.45) is 0 Å². The van der Waals surface area contributed by atoms with Crippen molar-refractivity contribution in [2.75, 3.05) is 24.6 Å². The molecule has 2 aliphatic heterocycles. The van der Waals surface area contributed by atoms with Crippen molar-refractivity contribution in [3.05, 3.63) is 47.3 Å². The number of hydrogen-bond donors (Lipinski definition) is 0. The second-order valence-electron chi connectivity index (χ2n) is 7.35. The number of pyridine rings is 1. The molecule has 0 amide bonds. The van der Waals surface area contributed by atoms with Crippen molar-refractivity contribution in [3.8, 4) is 17.6 Å². The lowest BCUT2D eigenvalue weighted by atomic mass is 9.87. The highest BCUT2D eigenvalue weighted by Gasteiger charge is 2.36. The van der Waals surface area contributed by atoms with Crippen molar-refractivity contribution in [1.82, 2.24) is 15.0 Å². The van der Waals surface area contributed by atoms with Gasteiger partial charge in [-0.25, -0.2) is 15.0 Å². The fraction of sp³-hybridized carbons (Fsp3) is 0.429. The Morgan fingerprint density at radius 2 is 2.00 bits per heavy atom. The van der Waals surface area contributed by atoms with Crippen LogP contribution in [0.2, 0.25) is 0 Å². The second-order valence-corrected chi connectivity index (χ2v) is 7.35. The molecule has 0 radical (unpaired) electrons. The smallest absolute Gasteiger partial charge is 0.180 e. The van der Waals surface area contributed by atoms with E-state index < -0.39 is 0 Å². The molecule has 1 spiro atoms. The number of anilines is 1. The Balaban J connectivity index is 1.61. The number of hydrogen-bond acceptors (Lipinski definition) is 6. The molecule has 0 bridgehead atoms. The van der Waals surface area contributed by atoms with Crippen molar-refractivity contribution in [2.45, 2.75) is 38.7 Å². The van der Waals surface area contributed by atoms with E-state index in [0.29, 0.717) is 17.2 Å². The molecule has 1 fully saturated rings. The van der Waals surface area contributed by atoms with Gasteiger partial charge >= 0.3 is 0 Å². The third-order valence-corrected chi connectivity index (χ3v) is 5.31. The van der Waals surface area contributed by atoms with Crippen LogP contribution >= 0.6 is 0 Å². The molecule has 1 saturated heterocycles. The lowest BCUT2D eigenvalue weighted by molar-refractivity contribution is -0.0326. The monoisotopic (exact) mass is 361 g/mol. The van der Waals surface area contributed by atoms with E-state index in [-0.39, 0.29) is 5.60 Å². The highest BCUT2D eigenvalue weighted by molar-refractivity contribution is 5.59. The molecular formula is C21H23N5O. The first-order valence-electron chi connectivity index (χ1n) is 9.37. The summed E-state index contributed by atoms with van der Waals surface area (Å²) in [4.78, 5) is 15.7. The number of aryl methyl sites for hydroxylation is 1. The molecule has 2 aromatic rings. The van der Waals surface area contributed by atoms with Crippen LogP contribution in [0.1, 0.15) is 37.4 Å². The predicted molar refractivity (Wildman–Crippen MR) is 103 cm³/mol. The van der Waals surface area contributed by atoms with Crippen molar-refractivity contribution in [3.63, 3.8) is 0 Å². The number of nitriles is 1. The molecule has 0 N–H and O–H groups in total. The lowest BCUT2D eigenvalue weighted by Gasteiger charge is -2.42. The van der Waals surface area contributed by atoms with Gasteiger partial charge in [0.25, 0.3) is 0 Å². The predicted octanol–water partition coefficient (Wildman–Crippen LogP) is 3.42. The Morgan fingerprint density at radius 1 is 1.19 bits per heavy atom. The molecule has 27 heavy (non-hydrogen) atoms. The maximum Gasteiger partial charge on any atom is 0.180 e. The van der Waals surface area contributed by atoms with Gasteiger partial charge in [-0.15, -0.1) is 0 Å². The van der Waals surface area contributed by atoms with Gasteiger partial charge in [0, 0.05) is 18.8 Å². The summed E-state index contributed by atoms with van der Waals surface area (Å²) in [6.07, 6.45) is 6.71. The zero-order chi connectivity index (χ0) is 18.9. The normalized spacial score (nSPS) is 18.9. The summed E-state index contributed by atoms with van der Waals surface area (Å²) in [6.45, 7) is 6.52. The fourth-order valence-electron chi connectivity index (χ4n) is 3.85. The van der Waals surface area contributed by atoms with Crippen molar-refractivity contribution < 1.29 is 4.74 Å². The Morgan fingerprint density at radius 3 is 2.70 bits per heavy atom. The Bertz CT molecular complexity index is 922. The van der Waals surface area contributed by atoms with Gasteiger partial charge in [0.15, 0.2) is 11.6 Å². The third-order valence-electron chi connectivity index (χ3n) is 5.31. The first kappa shape index (κ1) is 17.6. The maximum atomic E-state index is 9.53. The average Bonchev–Trinajstić information content (AvgIpc) is 2.68. The van der Waals surface area contributed by atoms with Crippen LogP contribution < -0.4 is 4.90 Å². The Hall–Kier alpha value is -2.78. The van der Waals surface area contributed by atoms with Crippen molar-refractivity contribution in [1.29, 1.82) is 5.26 Å². The highest BCUT2D eigenvalue weighted by Crippen LogP contribution is 2.35. The molecule has 2 aliphatic rings. The number of piperidine rings is 1. The van der Waals surface area contributed by atoms with Gasteiger partial charge in [-0.1, -0.05) is 17.7 Å². The first-order valence-corrected chi connectivity index (χ1v) is 9.37. The van der Waals surface area contributed by atoms with E-state index in [2.05, 4.69) is 33.9 Å². The second kappa shape index (κ2) is 7.09. The van der Waals surface area contributed by atoms with Crippen LogP contribution in [-0.4, -0.2) is 40.2 Å². The van der Waals surface area contributed by atoms with Crippen LogP contribution in [0.4, 0.5) is 5.82 Å². The van der Waals surface area contributed by atoms with Crippen LogP contribution in [0.15, 0.2) is 36.0 Å². The summed E-state index contributed by atoms with van der Waals surface area (Å²) in [5, 5.41) is 9.53. The van der Waals surface area contributed by atoms with E-state index >= 15 is 0 Å². The minimum atomic E-state index is -0.153. The van der Waals surface area contributed by atoms with Gasteiger partial charge in [0.2, 0.25) is 0 Å². The molecule has 138 valence electrons. The standard InChI is InChI=1S/C21H23N5O/c1-15-6-11-27-21(12-15)7-9-26(10-8-21)20-17(13-22)14-23-19(25-20)18-5-3-4-16(2)24-18/h3-5,12,14H,6-11H2,1-2H3. The maximum absolute atomic E-state index is 9.53. The van der Waals surface area contributed by atoms with E-state index in [4.69, 9.17) is 9.72 Å². The van der Waals surface area contributed by atoms with E-state index in [1.165, 1.54) is 5.57 Å². The molecule has 6 heteroatoms. The Labute approximate surface area is 159 Å². The summed E-state index contributed by atoms with van der Waals surface area (Å²) >= 11 is 0. The van der Waals surface area contributed by atoms with Crippen LogP contribution in [-0.2, 0) is 4.74 Å². The van der Waals surface area contributed by atoms with Gasteiger partial charge in [-0.05, 0) is 45.2 Å². The zero-order valence-corrected chi connectivity index (χ0v) is 15.8. The lowest BCUT2D eigenvalue weighted by Crippen LogP contribution is -2.47. The van der Waals surface area contributed by atoms with Crippen LogP contribution in [0, 0.1) is 18.3 Å². The van der Waals surface area contributed by atoms with Gasteiger partial charge in [0.05, 0.1) is 18.4 Å². The minimum absolute atomic E-state index is 0.153. The molecule has 2 aromatic heterocycles. The van der Waals surface area contributed by atoms with E-state index in [1.54, 1.807) is 6.20 Å². The van der Waals surface area contributed by atoms with Crippen LogP contribution in [0.5, 0.6) is 0 Å². The molecule has 0 saturated carbocycles. The highest BCUT2D eigenvalue weighted by atomic mass is 16.5. The minimum Gasteiger partial charge on any atom is -0.370 e. The molecule has 0 aliphatic carbocycles. The number of nitrogens with zero attached hydrogens (tertiary/aromatic N) is 5. The molecule has 0 unspecified atom stereocenters. The third kappa shape index (κ3) is 3.56. The molecule has 6 nitrogen and oxygen atoms in total. The summed E-state index contributed by atoms with van der Waals surface area (Å²) < 4.78 is 6.11. The van der Waals surface area contributed by atoms with Gasteiger partial charge < -0.3 is 9.64 Å². The van der Waals surface area contributed by atoms with E-state index in [1.807, 2.05) is 25.1 Å². The van der Waals surface area contributed by atoms with E-state index in [0.717, 1.165) is 50.3 Å². The molecule has 0 aromatic carbocycles. The molecular weight excluding hydrogens is 338 g/mol. The molecule has 0 atom stereocenters. The SMILES string of the molecule is CC1=CC2(CCN(c3nc(-c4cccc(C)n4)ncc3C#N)CC2)OCC1.